The summed E-state index contributed by atoms with van der Waals surface area (Å²) in [6.07, 6.45) is 0. The van der Waals surface area contributed by atoms with E-state index in [0.717, 1.165) is 0 Å². The van der Waals surface area contributed by atoms with Crippen LogP contribution < -0.4 is 10.4 Å². The fourth-order valence-corrected chi connectivity index (χ4v) is 2.44. The van der Waals surface area contributed by atoms with Crippen molar-refractivity contribution < 1.29 is 9.15 Å². The van der Waals surface area contributed by atoms with Gasteiger partial charge in [-0.05, 0) is 18.2 Å². The van der Waals surface area contributed by atoms with Crippen LogP contribution in [0.1, 0.15) is 0 Å². The van der Waals surface area contributed by atoms with Crippen molar-refractivity contribution in [2.45, 2.75) is 0 Å². The zero-order valence-corrected chi connectivity index (χ0v) is 12.7. The number of hydrogen-bond acceptors (Lipinski definition) is 3. The number of benzene rings is 2. The van der Waals surface area contributed by atoms with Crippen molar-refractivity contribution in [3.8, 4) is 11.5 Å². The largest absolute Gasteiger partial charge is 0.455 e. The lowest BCUT2D eigenvalue weighted by Crippen LogP contribution is -1.98. The van der Waals surface area contributed by atoms with Crippen molar-refractivity contribution in [3.05, 3.63) is 68.0 Å². The summed E-state index contributed by atoms with van der Waals surface area (Å²) >= 11 is 17.9. The summed E-state index contributed by atoms with van der Waals surface area (Å²) in [5.74, 6) is 0.643. The summed E-state index contributed by atoms with van der Waals surface area (Å²) < 4.78 is 10.8. The molecular formula is C15H7Cl3O3. The molecule has 6 heteroatoms. The highest BCUT2D eigenvalue weighted by Gasteiger charge is 2.12. The minimum atomic E-state index is -0.514. The molecule has 106 valence electrons. The van der Waals surface area contributed by atoms with E-state index in [1.54, 1.807) is 18.2 Å². The monoisotopic (exact) mass is 340 g/mol. The second kappa shape index (κ2) is 5.60. The third-order valence-corrected chi connectivity index (χ3v) is 3.82. The molecule has 0 saturated carbocycles. The van der Waals surface area contributed by atoms with E-state index >= 15 is 0 Å². The van der Waals surface area contributed by atoms with Crippen molar-refractivity contribution in [2.24, 2.45) is 0 Å². The number of halogens is 3. The van der Waals surface area contributed by atoms with E-state index in [9.17, 15) is 4.79 Å². The van der Waals surface area contributed by atoms with Gasteiger partial charge in [0.1, 0.15) is 17.1 Å². The van der Waals surface area contributed by atoms with Crippen LogP contribution in [0.2, 0.25) is 15.1 Å². The van der Waals surface area contributed by atoms with Crippen LogP contribution in [0.4, 0.5) is 0 Å². The first-order chi connectivity index (χ1) is 10.0. The van der Waals surface area contributed by atoms with Crippen LogP contribution in [0.15, 0.2) is 51.7 Å². The van der Waals surface area contributed by atoms with E-state index in [-0.39, 0.29) is 0 Å². The van der Waals surface area contributed by atoms with Crippen LogP contribution >= 0.6 is 34.8 Å². The predicted molar refractivity (Wildman–Crippen MR) is 84.0 cm³/mol. The topological polar surface area (TPSA) is 39.4 Å². The quantitative estimate of drug-likeness (QED) is 0.453. The molecule has 3 nitrogen and oxygen atoms in total. The molecule has 0 aliphatic rings. The summed E-state index contributed by atoms with van der Waals surface area (Å²) in [4.78, 5) is 11.6. The molecule has 1 heterocycles. The van der Waals surface area contributed by atoms with Gasteiger partial charge in [0.15, 0.2) is 0 Å². The molecule has 0 saturated heterocycles. The number of ether oxygens (including phenoxy) is 1. The van der Waals surface area contributed by atoms with E-state index < -0.39 is 5.63 Å². The highest BCUT2D eigenvalue weighted by Crippen LogP contribution is 2.37. The number of rotatable bonds is 2. The van der Waals surface area contributed by atoms with Gasteiger partial charge in [-0.25, -0.2) is 4.79 Å². The first kappa shape index (κ1) is 14.3. The molecule has 21 heavy (non-hydrogen) atoms. The van der Waals surface area contributed by atoms with Crippen LogP contribution in [0.25, 0.3) is 11.0 Å². The maximum atomic E-state index is 11.6. The van der Waals surface area contributed by atoms with E-state index in [1.165, 1.54) is 18.2 Å². The van der Waals surface area contributed by atoms with Crippen molar-refractivity contribution in [1.29, 1.82) is 0 Å². The summed E-state index contributed by atoms with van der Waals surface area (Å²) in [7, 11) is 0. The van der Waals surface area contributed by atoms with Gasteiger partial charge in [0, 0.05) is 6.07 Å². The maximum absolute atomic E-state index is 11.6. The molecule has 1 aromatic heterocycles. The molecule has 0 unspecified atom stereocenters. The summed E-state index contributed by atoms with van der Waals surface area (Å²) in [6.45, 7) is 0. The molecule has 0 bridgehead atoms. The van der Waals surface area contributed by atoms with E-state index in [4.69, 9.17) is 44.0 Å². The Balaban J connectivity index is 2.14. The Morgan fingerprint density at radius 3 is 2.38 bits per heavy atom. The molecule has 0 amide bonds. The van der Waals surface area contributed by atoms with Gasteiger partial charge in [0.25, 0.3) is 0 Å². The molecule has 0 radical (unpaired) electrons. The molecule has 3 aromatic rings. The van der Waals surface area contributed by atoms with Gasteiger partial charge in [-0.3, -0.25) is 0 Å². The summed E-state index contributed by atoms with van der Waals surface area (Å²) in [5, 5.41) is 1.58. The van der Waals surface area contributed by atoms with Crippen molar-refractivity contribution in [3.63, 3.8) is 0 Å². The lowest BCUT2D eigenvalue weighted by molar-refractivity contribution is 0.475. The zero-order chi connectivity index (χ0) is 15.0. The van der Waals surface area contributed by atoms with Crippen LogP contribution in [0, 0.1) is 0 Å². The highest BCUT2D eigenvalue weighted by atomic mass is 35.5. The van der Waals surface area contributed by atoms with Crippen molar-refractivity contribution in [2.75, 3.05) is 0 Å². The van der Waals surface area contributed by atoms with Crippen molar-refractivity contribution >= 4 is 45.8 Å². The van der Waals surface area contributed by atoms with Gasteiger partial charge >= 0.3 is 5.63 Å². The van der Waals surface area contributed by atoms with Gasteiger partial charge < -0.3 is 9.15 Å². The second-order valence-corrected chi connectivity index (χ2v) is 5.45. The van der Waals surface area contributed by atoms with Gasteiger partial charge in [-0.15, -0.1) is 0 Å². The lowest BCUT2D eigenvalue weighted by atomic mass is 10.2. The first-order valence-electron chi connectivity index (χ1n) is 5.90. The third kappa shape index (κ3) is 2.86. The predicted octanol–water partition coefficient (Wildman–Crippen LogP) is 5.55. The second-order valence-electron chi connectivity index (χ2n) is 4.22. The van der Waals surface area contributed by atoms with E-state index in [0.29, 0.717) is 37.5 Å². The number of hydrogen-bond donors (Lipinski definition) is 0. The Hall–Kier alpha value is -1.68. The molecule has 3 rings (SSSR count). The molecule has 0 aliphatic heterocycles. The fraction of sp³-hybridized carbons (Fsp3) is 0. The number of fused-ring (bicyclic) bond motifs is 1. The Morgan fingerprint density at radius 1 is 0.857 bits per heavy atom. The molecule has 0 atom stereocenters. The third-order valence-electron chi connectivity index (χ3n) is 2.81. The molecular weight excluding hydrogens is 335 g/mol. The zero-order valence-electron chi connectivity index (χ0n) is 10.4. The van der Waals surface area contributed by atoms with Crippen molar-refractivity contribution in [1.82, 2.24) is 0 Å². The fourth-order valence-electron chi connectivity index (χ4n) is 1.87. The van der Waals surface area contributed by atoms with Crippen LogP contribution in [0.3, 0.4) is 0 Å². The van der Waals surface area contributed by atoms with Crippen LogP contribution in [-0.4, -0.2) is 0 Å². The molecule has 2 aromatic carbocycles. The molecule has 0 aliphatic carbocycles. The van der Waals surface area contributed by atoms with E-state index in [2.05, 4.69) is 0 Å². The summed E-state index contributed by atoms with van der Waals surface area (Å²) in [5.41, 5.74) is -0.0870. The van der Waals surface area contributed by atoms with Gasteiger partial charge in [-0.1, -0.05) is 46.9 Å². The minimum absolute atomic E-state index is 0.293. The van der Waals surface area contributed by atoms with Gasteiger partial charge in [0.2, 0.25) is 0 Å². The average molecular weight is 342 g/mol. The number of para-hydroxylation sites is 1. The Labute approximate surface area is 134 Å². The smallest absolute Gasteiger partial charge is 0.339 e. The van der Waals surface area contributed by atoms with Crippen LogP contribution in [0.5, 0.6) is 11.5 Å². The summed E-state index contributed by atoms with van der Waals surface area (Å²) in [6, 6.07) is 11.3. The average Bonchev–Trinajstić information content (AvgIpc) is 2.44. The molecule has 0 fully saturated rings. The SMILES string of the molecule is O=c1cc(Oc2cc(Cl)c(Cl)cc2Cl)c2ccccc2o1. The maximum Gasteiger partial charge on any atom is 0.339 e. The first-order valence-corrected chi connectivity index (χ1v) is 7.03. The Bertz CT molecular complexity index is 887. The van der Waals surface area contributed by atoms with Gasteiger partial charge in [-0.2, -0.15) is 0 Å². The molecule has 0 N–H and O–H groups in total. The molecule has 0 spiro atoms. The lowest BCUT2D eigenvalue weighted by Gasteiger charge is -2.10. The van der Waals surface area contributed by atoms with Gasteiger partial charge in [0.05, 0.1) is 26.5 Å². The normalized spacial score (nSPS) is 10.8. The highest BCUT2D eigenvalue weighted by molar-refractivity contribution is 6.43. The standard InChI is InChI=1S/C15H7Cl3O3/c16-9-5-11(18)14(6-10(9)17)20-13-7-15(19)21-12-4-2-1-3-8(12)13/h1-7H. The Morgan fingerprint density at radius 2 is 1.57 bits per heavy atom. The Kier molecular flexibility index (Phi) is 3.81. The van der Waals surface area contributed by atoms with E-state index in [1.807, 2.05) is 6.07 Å². The van der Waals surface area contributed by atoms with Crippen LogP contribution in [-0.2, 0) is 0 Å². The minimum Gasteiger partial charge on any atom is -0.455 e.